The van der Waals surface area contributed by atoms with Crippen LogP contribution in [0.3, 0.4) is 0 Å². The molecule has 0 bridgehead atoms. The summed E-state index contributed by atoms with van der Waals surface area (Å²) in [6.45, 7) is 3.67. The summed E-state index contributed by atoms with van der Waals surface area (Å²) in [6.07, 6.45) is 0.470. The van der Waals surface area contributed by atoms with Crippen molar-refractivity contribution < 1.29 is 14.7 Å². The molecule has 0 aliphatic heterocycles. The largest absolute Gasteiger partial charge is 0.481 e. The van der Waals surface area contributed by atoms with E-state index in [2.05, 4.69) is 15.4 Å². The number of hydrogen-bond donors (Lipinski definition) is 2. The molecule has 2 aromatic heterocycles. The fourth-order valence-corrected chi connectivity index (χ4v) is 2.92. The van der Waals surface area contributed by atoms with Gasteiger partial charge in [0.1, 0.15) is 0 Å². The number of carboxylic acids is 1. The van der Waals surface area contributed by atoms with Crippen LogP contribution in [0.15, 0.2) is 30.3 Å². The minimum atomic E-state index is -0.846. The average Bonchev–Trinajstić information content (AvgIpc) is 2.86. The van der Waals surface area contributed by atoms with E-state index < -0.39 is 5.97 Å². The average molecular weight is 352 g/mol. The number of aromatic nitrogens is 3. The van der Waals surface area contributed by atoms with Crippen LogP contribution in [0, 0.1) is 13.8 Å². The predicted molar refractivity (Wildman–Crippen MR) is 98.3 cm³/mol. The number of nitrogens with zero attached hydrogens (tertiary/aromatic N) is 3. The molecule has 2 N–H and O–H groups in total. The molecule has 7 nitrogen and oxygen atoms in total. The highest BCUT2D eigenvalue weighted by molar-refractivity contribution is 6.06. The SMILES string of the molecule is Cc1nc2c(cc1C(=O)Nc1cccc(CCC(=O)O)c1)c(C)nn2C. The van der Waals surface area contributed by atoms with E-state index in [9.17, 15) is 9.59 Å². The Morgan fingerprint density at radius 1 is 1.19 bits per heavy atom. The molecule has 0 atom stereocenters. The van der Waals surface area contributed by atoms with E-state index in [0.29, 0.717) is 23.4 Å². The van der Waals surface area contributed by atoms with Gasteiger partial charge in [0.05, 0.1) is 17.0 Å². The summed E-state index contributed by atoms with van der Waals surface area (Å²) in [4.78, 5) is 27.9. The number of anilines is 1. The lowest BCUT2D eigenvalue weighted by Crippen LogP contribution is -2.14. The van der Waals surface area contributed by atoms with E-state index in [1.54, 1.807) is 29.8 Å². The molecule has 0 saturated heterocycles. The van der Waals surface area contributed by atoms with Gasteiger partial charge in [-0.15, -0.1) is 0 Å². The van der Waals surface area contributed by atoms with E-state index in [1.165, 1.54) is 0 Å². The Balaban J connectivity index is 1.85. The highest BCUT2D eigenvalue weighted by Gasteiger charge is 2.15. The van der Waals surface area contributed by atoms with Crippen molar-refractivity contribution in [3.8, 4) is 0 Å². The van der Waals surface area contributed by atoms with Crippen molar-refractivity contribution in [2.75, 3.05) is 5.32 Å². The van der Waals surface area contributed by atoms with Gasteiger partial charge in [0, 0.05) is 24.5 Å². The van der Waals surface area contributed by atoms with Gasteiger partial charge in [-0.3, -0.25) is 14.3 Å². The Morgan fingerprint density at radius 2 is 1.96 bits per heavy atom. The molecular weight excluding hydrogens is 332 g/mol. The molecule has 3 aromatic rings. The van der Waals surface area contributed by atoms with E-state index >= 15 is 0 Å². The number of carbonyl (C=O) groups excluding carboxylic acids is 1. The van der Waals surface area contributed by atoms with Gasteiger partial charge in [-0.25, -0.2) is 4.98 Å². The second-order valence-electron chi connectivity index (χ2n) is 6.25. The maximum absolute atomic E-state index is 12.7. The van der Waals surface area contributed by atoms with Crippen LogP contribution >= 0.6 is 0 Å². The zero-order valence-corrected chi connectivity index (χ0v) is 14.9. The number of pyridine rings is 1. The Bertz CT molecular complexity index is 1010. The summed E-state index contributed by atoms with van der Waals surface area (Å²) in [6, 6.07) is 9.02. The smallest absolute Gasteiger partial charge is 0.303 e. The molecule has 1 amide bonds. The maximum Gasteiger partial charge on any atom is 0.303 e. The van der Waals surface area contributed by atoms with Crippen molar-refractivity contribution in [2.24, 2.45) is 7.05 Å². The Morgan fingerprint density at radius 3 is 2.69 bits per heavy atom. The molecule has 26 heavy (non-hydrogen) atoms. The Hall–Kier alpha value is -3.22. The van der Waals surface area contributed by atoms with Gasteiger partial charge in [0.25, 0.3) is 5.91 Å². The molecule has 0 unspecified atom stereocenters. The van der Waals surface area contributed by atoms with Crippen LogP contribution in [0.25, 0.3) is 11.0 Å². The predicted octanol–water partition coefficient (Wildman–Crippen LogP) is 2.85. The quantitative estimate of drug-likeness (QED) is 0.736. The van der Waals surface area contributed by atoms with Crippen molar-refractivity contribution in [1.82, 2.24) is 14.8 Å². The molecule has 134 valence electrons. The fraction of sp³-hybridized carbons (Fsp3) is 0.263. The van der Waals surface area contributed by atoms with Crippen molar-refractivity contribution in [3.63, 3.8) is 0 Å². The number of aliphatic carboxylic acids is 1. The molecule has 0 saturated carbocycles. The number of benzene rings is 1. The first-order valence-corrected chi connectivity index (χ1v) is 8.28. The van der Waals surface area contributed by atoms with Crippen LogP contribution in [0.2, 0.25) is 0 Å². The van der Waals surface area contributed by atoms with Gasteiger partial charge in [0.2, 0.25) is 0 Å². The number of nitrogens with one attached hydrogen (secondary N) is 1. The second-order valence-corrected chi connectivity index (χ2v) is 6.25. The van der Waals surface area contributed by atoms with Crippen LogP contribution in [0.4, 0.5) is 5.69 Å². The first-order valence-electron chi connectivity index (χ1n) is 8.28. The molecule has 2 heterocycles. The summed E-state index contributed by atoms with van der Waals surface area (Å²) in [5.74, 6) is -1.10. The molecule has 0 aliphatic rings. The van der Waals surface area contributed by atoms with Crippen molar-refractivity contribution in [2.45, 2.75) is 26.7 Å². The number of carbonyl (C=O) groups is 2. The van der Waals surface area contributed by atoms with Crippen LogP contribution in [-0.2, 0) is 18.3 Å². The van der Waals surface area contributed by atoms with E-state index in [-0.39, 0.29) is 12.3 Å². The molecule has 0 aliphatic carbocycles. The summed E-state index contributed by atoms with van der Waals surface area (Å²) in [5, 5.41) is 16.8. The van der Waals surface area contributed by atoms with Gasteiger partial charge >= 0.3 is 5.97 Å². The van der Waals surface area contributed by atoms with Crippen LogP contribution in [0.5, 0.6) is 0 Å². The minimum absolute atomic E-state index is 0.0530. The highest BCUT2D eigenvalue weighted by Crippen LogP contribution is 2.21. The number of aryl methyl sites for hydroxylation is 4. The third kappa shape index (κ3) is 3.56. The number of fused-ring (bicyclic) bond motifs is 1. The van der Waals surface area contributed by atoms with E-state index in [1.807, 2.05) is 26.1 Å². The van der Waals surface area contributed by atoms with Crippen LogP contribution in [0.1, 0.15) is 33.7 Å². The topological polar surface area (TPSA) is 97.1 Å². The maximum atomic E-state index is 12.7. The van der Waals surface area contributed by atoms with Gasteiger partial charge in [0.15, 0.2) is 5.65 Å². The zero-order valence-electron chi connectivity index (χ0n) is 14.9. The number of hydrogen-bond acceptors (Lipinski definition) is 4. The molecule has 3 rings (SSSR count). The first-order chi connectivity index (χ1) is 12.3. The van der Waals surface area contributed by atoms with Gasteiger partial charge in [-0.05, 0) is 44.0 Å². The van der Waals surface area contributed by atoms with E-state index in [4.69, 9.17) is 5.11 Å². The van der Waals surface area contributed by atoms with Crippen LogP contribution < -0.4 is 5.32 Å². The van der Waals surface area contributed by atoms with Crippen molar-refractivity contribution in [1.29, 1.82) is 0 Å². The number of amides is 1. The monoisotopic (exact) mass is 352 g/mol. The zero-order chi connectivity index (χ0) is 18.8. The van der Waals surface area contributed by atoms with Crippen molar-refractivity contribution >= 4 is 28.6 Å². The molecule has 0 spiro atoms. The van der Waals surface area contributed by atoms with Gasteiger partial charge in [-0.2, -0.15) is 5.10 Å². The normalized spacial score (nSPS) is 10.9. The fourth-order valence-electron chi connectivity index (χ4n) is 2.92. The highest BCUT2D eigenvalue weighted by atomic mass is 16.4. The molecular formula is C19H20N4O3. The lowest BCUT2D eigenvalue weighted by molar-refractivity contribution is -0.136. The number of rotatable bonds is 5. The summed E-state index contributed by atoms with van der Waals surface area (Å²) in [5.41, 5.74) is 4.16. The molecule has 7 heteroatoms. The third-order valence-corrected chi connectivity index (χ3v) is 4.25. The third-order valence-electron chi connectivity index (χ3n) is 4.25. The molecule has 0 radical (unpaired) electrons. The Kier molecular flexibility index (Phi) is 4.71. The minimum Gasteiger partial charge on any atom is -0.481 e. The van der Waals surface area contributed by atoms with Gasteiger partial charge in [-0.1, -0.05) is 12.1 Å². The first kappa shape index (κ1) is 17.6. The molecule has 0 fully saturated rings. The summed E-state index contributed by atoms with van der Waals surface area (Å²) >= 11 is 0. The van der Waals surface area contributed by atoms with Gasteiger partial charge < -0.3 is 10.4 Å². The summed E-state index contributed by atoms with van der Waals surface area (Å²) in [7, 11) is 1.82. The lowest BCUT2D eigenvalue weighted by atomic mass is 10.1. The van der Waals surface area contributed by atoms with Crippen LogP contribution in [-0.4, -0.2) is 31.7 Å². The summed E-state index contributed by atoms with van der Waals surface area (Å²) < 4.78 is 1.70. The standard InChI is InChI=1S/C19H20N4O3/c1-11-16(10-15-12(2)22-23(3)18(15)20-11)19(26)21-14-6-4-5-13(9-14)7-8-17(24)25/h4-6,9-10H,7-8H2,1-3H3,(H,21,26)(H,24,25). The second kappa shape index (κ2) is 6.95. The van der Waals surface area contributed by atoms with E-state index in [0.717, 1.165) is 22.3 Å². The Labute approximate surface area is 150 Å². The van der Waals surface area contributed by atoms with Crippen molar-refractivity contribution in [3.05, 3.63) is 52.8 Å². The number of carboxylic acid groups (broad SMARTS) is 1. The molecule has 1 aromatic carbocycles. The lowest BCUT2D eigenvalue weighted by Gasteiger charge is -2.09.